The lowest BCUT2D eigenvalue weighted by molar-refractivity contribution is -0.114. The highest BCUT2D eigenvalue weighted by Crippen LogP contribution is 2.30. The fourth-order valence-electron chi connectivity index (χ4n) is 2.71. The number of hydrogen-bond donors (Lipinski definition) is 1. The molecular weight excluding hydrogens is 316 g/mol. The van der Waals surface area contributed by atoms with Crippen molar-refractivity contribution in [1.82, 2.24) is 14.9 Å². The molecule has 7 nitrogen and oxygen atoms in total. The lowest BCUT2D eigenvalue weighted by Crippen LogP contribution is -2.39. The second-order valence-corrected chi connectivity index (χ2v) is 6.46. The number of rotatable bonds is 3. The minimum Gasteiger partial charge on any atom is -0.448 e. The molecule has 0 aliphatic carbocycles. The molecule has 23 heavy (non-hydrogen) atoms. The number of aromatic nitrogens is 2. The lowest BCUT2D eigenvalue weighted by Gasteiger charge is -2.31. The van der Waals surface area contributed by atoms with E-state index in [-0.39, 0.29) is 17.7 Å². The zero-order chi connectivity index (χ0) is 16.4. The van der Waals surface area contributed by atoms with Gasteiger partial charge < -0.3 is 14.6 Å². The smallest absolute Gasteiger partial charge is 0.275 e. The van der Waals surface area contributed by atoms with Crippen LogP contribution in [0.15, 0.2) is 16.1 Å². The number of hydrogen-bond acceptors (Lipinski definition) is 6. The van der Waals surface area contributed by atoms with E-state index in [1.54, 1.807) is 11.8 Å². The standard InChI is InChI=1S/C15H18N4O3S/c1-9(20)16-15-18-13(8-23-15)11-4-3-5-19(6-11)14(21)12-7-22-10(2)17-12/h7-8,11H,3-6H2,1-2H3,(H,16,18,20). The van der Waals surface area contributed by atoms with Gasteiger partial charge >= 0.3 is 0 Å². The lowest BCUT2D eigenvalue weighted by atomic mass is 9.95. The van der Waals surface area contributed by atoms with E-state index in [1.807, 2.05) is 5.38 Å². The van der Waals surface area contributed by atoms with Crippen LogP contribution in [0.3, 0.4) is 0 Å². The van der Waals surface area contributed by atoms with Gasteiger partial charge in [-0.25, -0.2) is 9.97 Å². The third kappa shape index (κ3) is 3.58. The molecule has 3 heterocycles. The molecule has 2 aromatic rings. The predicted octanol–water partition coefficient (Wildman–Crippen LogP) is 2.42. The molecular formula is C15H18N4O3S. The third-order valence-corrected chi connectivity index (χ3v) is 4.55. The van der Waals surface area contributed by atoms with Gasteiger partial charge in [-0.2, -0.15) is 0 Å². The largest absolute Gasteiger partial charge is 0.448 e. The summed E-state index contributed by atoms with van der Waals surface area (Å²) in [7, 11) is 0. The molecule has 1 atom stereocenters. The Morgan fingerprint density at radius 3 is 2.96 bits per heavy atom. The number of likely N-dealkylation sites (tertiary alicyclic amines) is 1. The van der Waals surface area contributed by atoms with Crippen molar-refractivity contribution in [2.45, 2.75) is 32.6 Å². The zero-order valence-electron chi connectivity index (χ0n) is 13.0. The average Bonchev–Trinajstić information content (AvgIpc) is 3.15. The Balaban J connectivity index is 1.69. The van der Waals surface area contributed by atoms with Crippen LogP contribution in [0.4, 0.5) is 5.13 Å². The number of amides is 2. The minimum absolute atomic E-state index is 0.108. The molecule has 0 bridgehead atoms. The summed E-state index contributed by atoms with van der Waals surface area (Å²) in [4.78, 5) is 33.9. The van der Waals surface area contributed by atoms with E-state index in [0.29, 0.717) is 29.8 Å². The van der Waals surface area contributed by atoms with Gasteiger partial charge in [-0.3, -0.25) is 9.59 Å². The van der Waals surface area contributed by atoms with Gasteiger partial charge in [0.05, 0.1) is 5.69 Å². The number of carbonyl (C=O) groups excluding carboxylic acids is 2. The topological polar surface area (TPSA) is 88.3 Å². The molecule has 0 saturated carbocycles. The molecule has 0 spiro atoms. The molecule has 1 aliphatic heterocycles. The second-order valence-electron chi connectivity index (χ2n) is 5.60. The Morgan fingerprint density at radius 2 is 2.26 bits per heavy atom. The van der Waals surface area contributed by atoms with Gasteiger partial charge in [0.15, 0.2) is 16.7 Å². The second kappa shape index (κ2) is 6.49. The van der Waals surface area contributed by atoms with Crippen LogP contribution in [0.25, 0.3) is 0 Å². The van der Waals surface area contributed by atoms with Crippen molar-refractivity contribution in [3.05, 3.63) is 28.9 Å². The maximum absolute atomic E-state index is 12.5. The summed E-state index contributed by atoms with van der Waals surface area (Å²) in [5, 5.41) is 5.24. The van der Waals surface area contributed by atoms with E-state index in [4.69, 9.17) is 4.42 Å². The molecule has 122 valence electrons. The molecule has 1 aliphatic rings. The minimum atomic E-state index is -0.132. The third-order valence-electron chi connectivity index (χ3n) is 3.77. The van der Waals surface area contributed by atoms with Crippen LogP contribution in [0.1, 0.15) is 47.8 Å². The van der Waals surface area contributed by atoms with Crippen LogP contribution < -0.4 is 5.32 Å². The summed E-state index contributed by atoms with van der Waals surface area (Å²) >= 11 is 1.41. The van der Waals surface area contributed by atoms with Crippen LogP contribution in [0.2, 0.25) is 0 Å². The van der Waals surface area contributed by atoms with Gasteiger partial charge in [-0.05, 0) is 12.8 Å². The van der Waals surface area contributed by atoms with E-state index in [2.05, 4.69) is 15.3 Å². The number of oxazole rings is 1. The highest BCUT2D eigenvalue weighted by Gasteiger charge is 2.28. The summed E-state index contributed by atoms with van der Waals surface area (Å²) < 4.78 is 5.12. The first-order valence-electron chi connectivity index (χ1n) is 7.47. The van der Waals surface area contributed by atoms with Gasteiger partial charge in [-0.15, -0.1) is 11.3 Å². The first kappa shape index (κ1) is 15.7. The van der Waals surface area contributed by atoms with Crippen molar-refractivity contribution in [3.8, 4) is 0 Å². The number of nitrogens with one attached hydrogen (secondary N) is 1. The molecule has 0 aromatic carbocycles. The van der Waals surface area contributed by atoms with E-state index in [0.717, 1.165) is 18.5 Å². The summed E-state index contributed by atoms with van der Waals surface area (Å²) in [6.45, 7) is 4.49. The highest BCUT2D eigenvalue weighted by atomic mass is 32.1. The number of anilines is 1. The molecule has 1 N–H and O–H groups in total. The van der Waals surface area contributed by atoms with E-state index in [1.165, 1.54) is 24.5 Å². The average molecular weight is 334 g/mol. The van der Waals surface area contributed by atoms with Gasteiger partial charge in [0, 0.05) is 38.2 Å². The van der Waals surface area contributed by atoms with Crippen LogP contribution >= 0.6 is 11.3 Å². The predicted molar refractivity (Wildman–Crippen MR) is 85.5 cm³/mol. The Morgan fingerprint density at radius 1 is 1.43 bits per heavy atom. The number of thiazole rings is 1. The van der Waals surface area contributed by atoms with Crippen molar-refractivity contribution in [2.24, 2.45) is 0 Å². The highest BCUT2D eigenvalue weighted by molar-refractivity contribution is 7.13. The molecule has 2 amide bonds. The summed E-state index contributed by atoms with van der Waals surface area (Å²) in [6, 6.07) is 0. The Kier molecular flexibility index (Phi) is 4.42. The van der Waals surface area contributed by atoms with Crippen molar-refractivity contribution in [1.29, 1.82) is 0 Å². The molecule has 2 aromatic heterocycles. The molecule has 8 heteroatoms. The van der Waals surface area contributed by atoms with Crippen molar-refractivity contribution in [3.63, 3.8) is 0 Å². The quantitative estimate of drug-likeness (QED) is 0.931. The number of piperidine rings is 1. The van der Waals surface area contributed by atoms with Gasteiger partial charge in [0.25, 0.3) is 5.91 Å². The molecule has 0 radical (unpaired) electrons. The maximum Gasteiger partial charge on any atom is 0.275 e. The van der Waals surface area contributed by atoms with Gasteiger partial charge in [-0.1, -0.05) is 0 Å². The summed E-state index contributed by atoms with van der Waals surface area (Å²) in [6.07, 6.45) is 3.30. The molecule has 1 unspecified atom stereocenters. The number of nitrogens with zero attached hydrogens (tertiary/aromatic N) is 3. The van der Waals surface area contributed by atoms with Gasteiger partial charge in [0.1, 0.15) is 6.26 Å². The van der Waals surface area contributed by atoms with E-state index < -0.39 is 0 Å². The van der Waals surface area contributed by atoms with Gasteiger partial charge in [0.2, 0.25) is 5.91 Å². The van der Waals surface area contributed by atoms with Crippen molar-refractivity contribution < 1.29 is 14.0 Å². The van der Waals surface area contributed by atoms with Crippen molar-refractivity contribution in [2.75, 3.05) is 18.4 Å². The Bertz CT molecular complexity index is 724. The van der Waals surface area contributed by atoms with E-state index in [9.17, 15) is 9.59 Å². The maximum atomic E-state index is 12.5. The summed E-state index contributed by atoms with van der Waals surface area (Å²) in [5.74, 6) is 0.428. The fourth-order valence-corrected chi connectivity index (χ4v) is 3.55. The monoisotopic (exact) mass is 334 g/mol. The first-order valence-corrected chi connectivity index (χ1v) is 8.35. The fraction of sp³-hybridized carbons (Fsp3) is 0.467. The van der Waals surface area contributed by atoms with Crippen LogP contribution in [0, 0.1) is 6.92 Å². The SMILES string of the molecule is CC(=O)Nc1nc(C2CCCN(C(=O)c3coc(C)n3)C2)cs1. The Labute approximate surface area is 137 Å². The van der Waals surface area contributed by atoms with Crippen LogP contribution in [0.5, 0.6) is 0 Å². The molecule has 1 saturated heterocycles. The first-order chi connectivity index (χ1) is 11.0. The molecule has 1 fully saturated rings. The van der Waals surface area contributed by atoms with Crippen molar-refractivity contribution >= 4 is 28.3 Å². The summed E-state index contributed by atoms with van der Waals surface area (Å²) in [5.41, 5.74) is 1.27. The number of carbonyl (C=O) groups is 2. The number of aryl methyl sites for hydroxylation is 1. The molecule has 3 rings (SSSR count). The normalized spacial score (nSPS) is 18.0. The van der Waals surface area contributed by atoms with Crippen LogP contribution in [-0.2, 0) is 4.79 Å². The van der Waals surface area contributed by atoms with E-state index >= 15 is 0 Å². The zero-order valence-corrected chi connectivity index (χ0v) is 13.9. The Hall–Kier alpha value is -2.22. The van der Waals surface area contributed by atoms with Crippen LogP contribution in [-0.4, -0.2) is 39.8 Å².